The minimum atomic E-state index is -4.50. The van der Waals surface area contributed by atoms with Gasteiger partial charge in [-0.3, -0.25) is 24.6 Å². The highest BCUT2D eigenvalue weighted by Gasteiger charge is 2.40. The number of halogens is 3. The number of piperidine rings is 1. The number of carbonyl (C=O) groups excluding carboxylic acids is 4. The van der Waals surface area contributed by atoms with Crippen molar-refractivity contribution >= 4 is 35.1 Å². The molecule has 12 heteroatoms. The van der Waals surface area contributed by atoms with E-state index >= 15 is 0 Å². The van der Waals surface area contributed by atoms with Crippen LogP contribution >= 0.6 is 0 Å². The first-order valence-corrected chi connectivity index (χ1v) is 11.6. The van der Waals surface area contributed by atoms with E-state index in [0.717, 1.165) is 12.1 Å². The van der Waals surface area contributed by atoms with Crippen LogP contribution in [0.15, 0.2) is 36.4 Å². The summed E-state index contributed by atoms with van der Waals surface area (Å²) >= 11 is 0. The van der Waals surface area contributed by atoms with E-state index in [-0.39, 0.29) is 44.2 Å². The van der Waals surface area contributed by atoms with E-state index in [1.807, 2.05) is 0 Å². The number of rotatable bonds is 4. The Kier molecular flexibility index (Phi) is 6.14. The third-order valence-corrected chi connectivity index (χ3v) is 6.84. The van der Waals surface area contributed by atoms with Gasteiger partial charge in [-0.15, -0.1) is 0 Å². The third kappa shape index (κ3) is 4.52. The number of nitrogens with zero attached hydrogens (tertiary/aromatic N) is 2. The summed E-state index contributed by atoms with van der Waals surface area (Å²) in [5, 5.41) is 5.02. The molecule has 0 spiro atoms. The van der Waals surface area contributed by atoms with Gasteiger partial charge in [0.05, 0.1) is 18.2 Å². The quantitative estimate of drug-likeness (QED) is 0.608. The molecular weight excluding hydrogens is 493 g/mol. The number of nitrogens with one attached hydrogen (secondary N) is 2. The van der Waals surface area contributed by atoms with Crippen molar-refractivity contribution in [3.05, 3.63) is 58.7 Å². The molecule has 0 aromatic heterocycles. The minimum absolute atomic E-state index is 0.128. The zero-order valence-electron chi connectivity index (χ0n) is 19.7. The number of hydrogen-bond acceptors (Lipinski definition) is 5. The fourth-order valence-electron chi connectivity index (χ4n) is 5.14. The Morgan fingerprint density at radius 3 is 2.62 bits per heavy atom. The lowest BCUT2D eigenvalue weighted by Gasteiger charge is -2.29. The molecule has 0 radical (unpaired) electrons. The Bertz CT molecular complexity index is 1310. The van der Waals surface area contributed by atoms with Gasteiger partial charge >= 0.3 is 12.2 Å². The first kappa shape index (κ1) is 24.8. The monoisotopic (exact) mass is 516 g/mol. The van der Waals surface area contributed by atoms with Crippen LogP contribution in [0.2, 0.25) is 0 Å². The summed E-state index contributed by atoms with van der Waals surface area (Å²) in [6.07, 6.45) is -3.91. The molecule has 0 bridgehead atoms. The van der Waals surface area contributed by atoms with E-state index in [1.165, 1.54) is 23.0 Å². The molecule has 5 amide bonds. The van der Waals surface area contributed by atoms with Gasteiger partial charge in [-0.25, -0.2) is 4.79 Å². The van der Waals surface area contributed by atoms with Crippen molar-refractivity contribution in [2.45, 2.75) is 44.1 Å². The molecule has 194 valence electrons. The summed E-state index contributed by atoms with van der Waals surface area (Å²) in [6, 6.07) is 6.21. The largest absolute Gasteiger partial charge is 0.416 e. The number of benzene rings is 2. The van der Waals surface area contributed by atoms with Gasteiger partial charge in [0.15, 0.2) is 0 Å². The number of anilines is 2. The van der Waals surface area contributed by atoms with Crippen molar-refractivity contribution in [2.24, 2.45) is 0 Å². The second kappa shape index (κ2) is 9.18. The van der Waals surface area contributed by atoms with Crippen molar-refractivity contribution in [3.63, 3.8) is 0 Å². The molecule has 3 aliphatic heterocycles. The SMILES string of the molecule is COCC1Cc2cc(C(F)(F)F)ccc2N1C(=O)Nc1ccc2c(c1)CN(C1CCC(=O)NC1=O)C2=O. The maximum Gasteiger partial charge on any atom is 0.416 e. The summed E-state index contributed by atoms with van der Waals surface area (Å²) in [5.41, 5.74) is 1.37. The predicted octanol–water partition coefficient (Wildman–Crippen LogP) is 3.08. The van der Waals surface area contributed by atoms with Gasteiger partial charge in [0.2, 0.25) is 11.8 Å². The lowest BCUT2D eigenvalue weighted by Crippen LogP contribution is -2.52. The number of amides is 5. The van der Waals surface area contributed by atoms with E-state index in [4.69, 9.17) is 4.74 Å². The maximum absolute atomic E-state index is 13.3. The summed E-state index contributed by atoms with van der Waals surface area (Å²) in [6.45, 7) is 0.270. The van der Waals surface area contributed by atoms with Crippen LogP contribution in [0.4, 0.5) is 29.3 Å². The zero-order chi connectivity index (χ0) is 26.5. The number of hydrogen-bond donors (Lipinski definition) is 2. The topological polar surface area (TPSA) is 108 Å². The number of alkyl halides is 3. The number of carbonyl (C=O) groups is 4. The molecule has 2 N–H and O–H groups in total. The molecule has 9 nitrogen and oxygen atoms in total. The van der Waals surface area contributed by atoms with Crippen LogP contribution in [0.3, 0.4) is 0 Å². The average Bonchev–Trinajstić information content (AvgIpc) is 3.35. The standard InChI is InChI=1S/C25H23F3N4O5/c1-37-12-17-10-13-8-15(25(26,27)28)2-5-19(13)32(17)24(36)29-16-3-4-18-14(9-16)11-31(23(18)35)20-6-7-21(33)30-22(20)34/h2-5,8-9,17,20H,6-7,10-12H2,1H3,(H,29,36)(H,30,33,34). The van der Waals surface area contributed by atoms with Gasteiger partial charge in [0.1, 0.15) is 6.04 Å². The lowest BCUT2D eigenvalue weighted by molar-refractivity contribution is -0.138. The Hall–Kier alpha value is -3.93. The Labute approximate surface area is 209 Å². The van der Waals surface area contributed by atoms with E-state index in [1.54, 1.807) is 18.2 Å². The molecule has 0 saturated carbocycles. The van der Waals surface area contributed by atoms with Crippen molar-refractivity contribution in [1.29, 1.82) is 0 Å². The second-order valence-electron chi connectivity index (χ2n) is 9.23. The van der Waals surface area contributed by atoms with Crippen molar-refractivity contribution in [1.82, 2.24) is 10.2 Å². The Morgan fingerprint density at radius 2 is 1.92 bits per heavy atom. The van der Waals surface area contributed by atoms with Gasteiger partial charge in [0, 0.05) is 37.0 Å². The van der Waals surface area contributed by atoms with Crippen molar-refractivity contribution in [3.8, 4) is 0 Å². The normalized spacial score (nSPS) is 21.1. The van der Waals surface area contributed by atoms with Crippen LogP contribution in [-0.2, 0) is 33.5 Å². The molecule has 1 fully saturated rings. The molecule has 2 unspecified atom stereocenters. The van der Waals surface area contributed by atoms with Gasteiger partial charge in [0.25, 0.3) is 5.91 Å². The predicted molar refractivity (Wildman–Crippen MR) is 125 cm³/mol. The molecule has 1 saturated heterocycles. The number of imide groups is 1. The number of urea groups is 1. The highest BCUT2D eigenvalue weighted by molar-refractivity contribution is 6.07. The Balaban J connectivity index is 1.35. The fourth-order valence-corrected chi connectivity index (χ4v) is 5.14. The van der Waals surface area contributed by atoms with Crippen LogP contribution in [0.25, 0.3) is 0 Å². The summed E-state index contributed by atoms with van der Waals surface area (Å²) < 4.78 is 44.8. The van der Waals surface area contributed by atoms with E-state index < -0.39 is 35.8 Å². The van der Waals surface area contributed by atoms with Gasteiger partial charge in [-0.05, 0) is 60.4 Å². The molecule has 2 aromatic carbocycles. The number of methoxy groups -OCH3 is 1. The molecular formula is C25H23F3N4O5. The van der Waals surface area contributed by atoms with Crippen LogP contribution < -0.4 is 15.5 Å². The second-order valence-corrected chi connectivity index (χ2v) is 9.23. The summed E-state index contributed by atoms with van der Waals surface area (Å²) in [7, 11) is 1.45. The van der Waals surface area contributed by atoms with E-state index in [9.17, 15) is 32.3 Å². The number of fused-ring (bicyclic) bond motifs is 2. The molecule has 2 atom stereocenters. The zero-order valence-corrected chi connectivity index (χ0v) is 19.7. The van der Waals surface area contributed by atoms with Crippen molar-refractivity contribution < 1.29 is 37.1 Å². The van der Waals surface area contributed by atoms with Crippen LogP contribution in [-0.4, -0.2) is 54.5 Å². The molecule has 37 heavy (non-hydrogen) atoms. The summed E-state index contributed by atoms with van der Waals surface area (Å²) in [5.74, 6) is -1.23. The highest BCUT2D eigenvalue weighted by Crippen LogP contribution is 2.38. The first-order chi connectivity index (χ1) is 17.6. The first-order valence-electron chi connectivity index (χ1n) is 11.6. The van der Waals surface area contributed by atoms with Gasteiger partial charge < -0.3 is 15.0 Å². The van der Waals surface area contributed by atoms with E-state index in [0.29, 0.717) is 28.1 Å². The molecule has 0 aliphatic carbocycles. The maximum atomic E-state index is 13.3. The van der Waals surface area contributed by atoms with Gasteiger partial charge in [-0.2, -0.15) is 13.2 Å². The molecule has 2 aromatic rings. The lowest BCUT2D eigenvalue weighted by atomic mass is 10.0. The smallest absolute Gasteiger partial charge is 0.383 e. The fraction of sp³-hybridized carbons (Fsp3) is 0.360. The number of ether oxygens (including phenoxy) is 1. The van der Waals surface area contributed by atoms with Crippen LogP contribution in [0.1, 0.15) is 39.9 Å². The minimum Gasteiger partial charge on any atom is -0.383 e. The summed E-state index contributed by atoms with van der Waals surface area (Å²) in [4.78, 5) is 52.6. The van der Waals surface area contributed by atoms with Crippen LogP contribution in [0.5, 0.6) is 0 Å². The van der Waals surface area contributed by atoms with Crippen LogP contribution in [0, 0.1) is 0 Å². The van der Waals surface area contributed by atoms with E-state index in [2.05, 4.69) is 10.6 Å². The Morgan fingerprint density at radius 1 is 1.14 bits per heavy atom. The third-order valence-electron chi connectivity index (χ3n) is 6.84. The molecule has 5 rings (SSSR count). The van der Waals surface area contributed by atoms with Gasteiger partial charge in [-0.1, -0.05) is 0 Å². The van der Waals surface area contributed by atoms with Crippen molar-refractivity contribution in [2.75, 3.05) is 23.9 Å². The average molecular weight is 516 g/mol. The molecule has 3 aliphatic rings. The highest BCUT2D eigenvalue weighted by atomic mass is 19.4. The molecule has 3 heterocycles.